The molecule has 16 heteroatoms. The lowest BCUT2D eigenvalue weighted by Crippen LogP contribution is -2.46. The first-order valence-electron chi connectivity index (χ1n) is 20.3. The van der Waals surface area contributed by atoms with E-state index in [-0.39, 0.29) is 58.2 Å². The minimum Gasteiger partial charge on any atom is -0.507 e. The standard InChI is InChI=1S/C44H61N3O13/c1-11-16-47(17-19-48)18-21-58-46-42-35-33-31(50)22-30-39(54)34(33)38(53)28(7)41(35)60-44(42,9)57-20-15-32(56-10)25(4)40(59-29(8)49)27(6)37(52)26(5)36(51)23(2)13-12-14-24(3)43(55)45-30/h12-15,20,22-23,25-27,32,36-37,40,48,51-53H,11,16-19,21H2,1-10H3,(H,45,55)/b13-12+,20-15+,24-14-,46-42+/t23-,25+,26+,27+,32-,36-,37+,40+,44-/m0/s1. The van der Waals surface area contributed by atoms with Gasteiger partial charge in [0.25, 0.3) is 11.7 Å². The Morgan fingerprint density at radius 2 is 1.68 bits per heavy atom. The Hall–Kier alpha value is -4.87. The number of esters is 1. The fourth-order valence-corrected chi connectivity index (χ4v) is 7.84. The van der Waals surface area contributed by atoms with Crippen LogP contribution in [0.4, 0.5) is 0 Å². The number of ketones is 2. The number of benzene rings is 1. The van der Waals surface area contributed by atoms with Gasteiger partial charge >= 0.3 is 5.97 Å². The number of nitrogens with zero attached hydrogens (tertiary/aromatic N) is 2. The smallest absolute Gasteiger partial charge is 0.302 e. The molecule has 330 valence electrons. The second-order valence-corrected chi connectivity index (χ2v) is 15.9. The first-order chi connectivity index (χ1) is 28.3. The van der Waals surface area contributed by atoms with Gasteiger partial charge in [-0.2, -0.15) is 0 Å². The number of hydrogen-bond donors (Lipinski definition) is 5. The van der Waals surface area contributed by atoms with E-state index >= 15 is 0 Å². The molecule has 0 fully saturated rings. The number of Topliss-reactive ketones (excluding diaryl/α,β-unsaturated/α-hetero) is 1. The zero-order valence-corrected chi connectivity index (χ0v) is 36.2. The van der Waals surface area contributed by atoms with Crippen LogP contribution in [0.25, 0.3) is 0 Å². The molecule has 16 nitrogen and oxygen atoms in total. The fraction of sp³-hybridized carbons (Fsp3) is 0.568. The van der Waals surface area contributed by atoms with Gasteiger partial charge in [-0.3, -0.25) is 24.1 Å². The van der Waals surface area contributed by atoms with Gasteiger partial charge in [0, 0.05) is 74.9 Å². The molecule has 3 aliphatic heterocycles. The quantitative estimate of drug-likeness (QED) is 0.128. The summed E-state index contributed by atoms with van der Waals surface area (Å²) in [7, 11) is 1.46. The molecule has 1 aromatic rings. The van der Waals surface area contributed by atoms with Crippen molar-refractivity contribution in [1.82, 2.24) is 10.2 Å². The summed E-state index contributed by atoms with van der Waals surface area (Å²) < 4.78 is 24.2. The van der Waals surface area contributed by atoms with E-state index in [0.29, 0.717) is 19.6 Å². The molecule has 5 rings (SSSR count). The van der Waals surface area contributed by atoms with Crippen LogP contribution in [0.5, 0.6) is 11.5 Å². The number of fused-ring (bicyclic) bond motifs is 14. The molecule has 1 aromatic carbocycles. The molecule has 9 atom stereocenters. The van der Waals surface area contributed by atoms with Gasteiger partial charge in [-0.15, -0.1) is 0 Å². The molecule has 0 spiro atoms. The molecule has 1 aliphatic carbocycles. The van der Waals surface area contributed by atoms with E-state index in [1.54, 1.807) is 45.9 Å². The highest BCUT2D eigenvalue weighted by molar-refractivity contribution is 6.31. The van der Waals surface area contributed by atoms with Crippen LogP contribution in [0, 0.1) is 30.6 Å². The minimum atomic E-state index is -1.83. The van der Waals surface area contributed by atoms with Crippen molar-refractivity contribution in [3.8, 4) is 11.5 Å². The van der Waals surface area contributed by atoms with Crippen LogP contribution in [-0.2, 0) is 28.6 Å². The Bertz CT molecular complexity index is 1930. The molecular formula is C44H61N3O13. The summed E-state index contributed by atoms with van der Waals surface area (Å²) in [5.41, 5.74) is -0.685. The summed E-state index contributed by atoms with van der Waals surface area (Å²) in [6.45, 7) is 16.3. The summed E-state index contributed by atoms with van der Waals surface area (Å²) in [5, 5.41) is 50.8. The lowest BCUT2D eigenvalue weighted by Gasteiger charge is -2.38. The molecule has 5 N–H and O–H groups in total. The first-order valence-corrected chi connectivity index (χ1v) is 20.3. The van der Waals surface area contributed by atoms with E-state index < -0.39 is 83.1 Å². The van der Waals surface area contributed by atoms with Gasteiger partial charge in [0.2, 0.25) is 5.78 Å². The highest BCUT2D eigenvalue weighted by Crippen LogP contribution is 2.48. The molecule has 0 radical (unpaired) electrons. The van der Waals surface area contributed by atoms with Crippen LogP contribution < -0.4 is 10.1 Å². The molecular weight excluding hydrogens is 778 g/mol. The zero-order valence-electron chi connectivity index (χ0n) is 36.2. The van der Waals surface area contributed by atoms with Crippen LogP contribution in [0.3, 0.4) is 0 Å². The molecule has 0 unspecified atom stereocenters. The summed E-state index contributed by atoms with van der Waals surface area (Å²) in [5.74, 6) is -7.64. The summed E-state index contributed by atoms with van der Waals surface area (Å²) in [6, 6.07) is 0. The Morgan fingerprint density at radius 1 is 0.983 bits per heavy atom. The number of aliphatic hydroxyl groups excluding tert-OH is 3. The van der Waals surface area contributed by atoms with Gasteiger partial charge in [0.1, 0.15) is 24.2 Å². The number of rotatable bonds is 10. The van der Waals surface area contributed by atoms with Gasteiger partial charge < -0.3 is 49.5 Å². The van der Waals surface area contributed by atoms with Gasteiger partial charge in [0.05, 0.1) is 53.6 Å². The SMILES string of the molecule is CCCN(CCO)CCO/N=C1\c2c3c(C)c(O)c4c2C(=O)C=C(NC(=O)/C(C)=C\C=C\[C@H](C)[C@H](O)[C@@H](C)[C@@H](O)[C@@H](C)[C@H](OC(C)=O)[C@H](C)[C@@H](OC)/C=C/O[C@@]1(C)O3)C4=O. The average Bonchev–Trinajstić information content (AvgIpc) is 3.49. The third kappa shape index (κ3) is 10.3. The number of hydrogen-bond acceptors (Lipinski definition) is 15. The molecule has 5 bridgehead atoms. The van der Waals surface area contributed by atoms with Crippen molar-refractivity contribution in [1.29, 1.82) is 0 Å². The monoisotopic (exact) mass is 839 g/mol. The third-order valence-corrected chi connectivity index (χ3v) is 11.4. The lowest BCUT2D eigenvalue weighted by atomic mass is 9.78. The number of phenolic OH excluding ortho intramolecular Hbond substituents is 1. The van der Waals surface area contributed by atoms with Gasteiger partial charge in [-0.1, -0.05) is 58.0 Å². The van der Waals surface area contributed by atoms with Crippen LogP contribution in [0.15, 0.2) is 53.1 Å². The maximum atomic E-state index is 14.1. The molecule has 0 saturated carbocycles. The third-order valence-electron chi connectivity index (χ3n) is 11.4. The Balaban J connectivity index is 1.89. The Kier molecular flexibility index (Phi) is 16.4. The Labute approximate surface area is 351 Å². The molecule has 1 amide bonds. The predicted octanol–water partition coefficient (Wildman–Crippen LogP) is 3.87. The topological polar surface area (TPSA) is 223 Å². The number of oxime groups is 1. The average molecular weight is 840 g/mol. The van der Waals surface area contributed by atoms with Gasteiger partial charge in [-0.25, -0.2) is 0 Å². The van der Waals surface area contributed by atoms with Crippen molar-refractivity contribution >= 4 is 29.2 Å². The van der Waals surface area contributed by atoms with Crippen LogP contribution in [0.1, 0.15) is 93.7 Å². The number of carbonyl (C=O) groups is 4. The molecule has 0 aromatic heterocycles. The normalized spacial score (nSPS) is 31.4. The maximum absolute atomic E-state index is 14.1. The highest BCUT2D eigenvalue weighted by Gasteiger charge is 2.51. The second kappa shape index (κ2) is 20.6. The lowest BCUT2D eigenvalue weighted by molar-refractivity contribution is -0.160. The summed E-state index contributed by atoms with van der Waals surface area (Å²) >= 11 is 0. The van der Waals surface area contributed by atoms with Gasteiger partial charge in [0.15, 0.2) is 11.5 Å². The summed E-state index contributed by atoms with van der Waals surface area (Å²) in [4.78, 5) is 61.7. The van der Waals surface area contributed by atoms with Crippen LogP contribution >= 0.6 is 0 Å². The van der Waals surface area contributed by atoms with Crippen molar-refractivity contribution in [2.45, 2.75) is 98.9 Å². The van der Waals surface area contributed by atoms with Crippen LogP contribution in [-0.4, -0.2) is 125 Å². The van der Waals surface area contributed by atoms with Crippen molar-refractivity contribution in [2.24, 2.45) is 28.8 Å². The number of nitrogens with one attached hydrogen (secondary N) is 1. The van der Waals surface area contributed by atoms with E-state index in [4.69, 9.17) is 23.8 Å². The van der Waals surface area contributed by atoms with E-state index in [1.165, 1.54) is 47.1 Å². The van der Waals surface area contributed by atoms with E-state index in [0.717, 1.165) is 12.5 Å². The number of amides is 1. The van der Waals surface area contributed by atoms with Crippen molar-refractivity contribution in [3.05, 3.63) is 70.2 Å². The largest absolute Gasteiger partial charge is 0.507 e. The van der Waals surface area contributed by atoms with Gasteiger partial charge in [-0.05, 0) is 32.9 Å². The number of allylic oxidation sites excluding steroid dienone is 4. The van der Waals surface area contributed by atoms with Crippen LogP contribution in [0.2, 0.25) is 0 Å². The number of carbonyl (C=O) groups excluding carboxylic acids is 4. The predicted molar refractivity (Wildman–Crippen MR) is 221 cm³/mol. The minimum absolute atomic E-state index is 0.00967. The van der Waals surface area contributed by atoms with E-state index in [9.17, 15) is 39.6 Å². The molecule has 3 heterocycles. The van der Waals surface area contributed by atoms with E-state index in [1.807, 2.05) is 11.8 Å². The molecule has 4 aliphatic rings. The van der Waals surface area contributed by atoms with Crippen molar-refractivity contribution < 1.29 is 63.4 Å². The molecule has 60 heavy (non-hydrogen) atoms. The second-order valence-electron chi connectivity index (χ2n) is 15.9. The van der Waals surface area contributed by atoms with Crippen molar-refractivity contribution in [2.75, 3.05) is 40.0 Å². The number of aromatic hydroxyl groups is 1. The molecule has 0 saturated heterocycles. The number of methoxy groups -OCH3 is 1. The fourth-order valence-electron chi connectivity index (χ4n) is 7.84. The summed E-state index contributed by atoms with van der Waals surface area (Å²) in [6.07, 6.45) is 5.50. The van der Waals surface area contributed by atoms with Crippen molar-refractivity contribution in [3.63, 3.8) is 0 Å². The maximum Gasteiger partial charge on any atom is 0.302 e. The number of aliphatic hydroxyl groups is 3. The Morgan fingerprint density at radius 3 is 2.32 bits per heavy atom. The van der Waals surface area contributed by atoms with E-state index in [2.05, 4.69) is 10.5 Å². The zero-order chi connectivity index (χ0) is 44.6. The number of phenols is 1. The number of ether oxygens (including phenoxy) is 4. The first kappa shape index (κ1) is 47.8. The highest BCUT2D eigenvalue weighted by atomic mass is 16.7.